The summed E-state index contributed by atoms with van der Waals surface area (Å²) in [4.78, 5) is 0. The van der Waals surface area contributed by atoms with Crippen molar-refractivity contribution in [2.45, 2.75) is 38.9 Å². The summed E-state index contributed by atoms with van der Waals surface area (Å²) >= 11 is 0. The van der Waals surface area contributed by atoms with Gasteiger partial charge >= 0.3 is 0 Å². The highest BCUT2D eigenvalue weighted by atomic mass is 16.5. The maximum atomic E-state index is 5.71. The SMILES string of the molecule is C#CCCC[C@H](C)OCc1ccccc1. The number of benzene rings is 1. The van der Waals surface area contributed by atoms with Gasteiger partial charge in [0.25, 0.3) is 0 Å². The van der Waals surface area contributed by atoms with E-state index in [9.17, 15) is 0 Å². The normalized spacial score (nSPS) is 12.0. The summed E-state index contributed by atoms with van der Waals surface area (Å²) in [5.74, 6) is 2.64. The fourth-order valence-electron chi connectivity index (χ4n) is 1.39. The van der Waals surface area contributed by atoms with Gasteiger partial charge in [-0.2, -0.15) is 0 Å². The van der Waals surface area contributed by atoms with Gasteiger partial charge in [-0.05, 0) is 25.3 Å². The van der Waals surface area contributed by atoms with Crippen LogP contribution in [0.4, 0.5) is 0 Å². The van der Waals surface area contributed by atoms with Gasteiger partial charge in [0.2, 0.25) is 0 Å². The van der Waals surface area contributed by atoms with Gasteiger partial charge in [0.15, 0.2) is 0 Å². The first-order valence-corrected chi connectivity index (χ1v) is 5.42. The molecule has 0 aliphatic carbocycles. The highest BCUT2D eigenvalue weighted by molar-refractivity contribution is 5.13. The second-order valence-corrected chi connectivity index (χ2v) is 3.70. The summed E-state index contributed by atoms with van der Waals surface area (Å²) in [6, 6.07) is 10.2. The zero-order chi connectivity index (χ0) is 10.9. The standard InChI is InChI=1S/C14H18O/c1-3-4-6-9-13(2)15-12-14-10-7-5-8-11-14/h1,5,7-8,10-11,13H,4,6,9,12H2,2H3/t13-/m0/s1. The highest BCUT2D eigenvalue weighted by Crippen LogP contribution is 2.08. The Hall–Kier alpha value is -1.26. The fourth-order valence-corrected chi connectivity index (χ4v) is 1.39. The molecule has 0 fully saturated rings. The van der Waals surface area contributed by atoms with E-state index in [1.54, 1.807) is 0 Å². The Balaban J connectivity index is 2.17. The van der Waals surface area contributed by atoms with Gasteiger partial charge in [-0.15, -0.1) is 12.3 Å². The van der Waals surface area contributed by atoms with Crippen LogP contribution in [0.25, 0.3) is 0 Å². The van der Waals surface area contributed by atoms with Crippen LogP contribution in [0.3, 0.4) is 0 Å². The van der Waals surface area contributed by atoms with Crippen molar-refractivity contribution >= 4 is 0 Å². The molecule has 0 saturated carbocycles. The summed E-state index contributed by atoms with van der Waals surface area (Å²) < 4.78 is 5.71. The smallest absolute Gasteiger partial charge is 0.0720 e. The predicted octanol–water partition coefficient (Wildman–Crippen LogP) is 3.40. The highest BCUT2D eigenvalue weighted by Gasteiger charge is 2.01. The largest absolute Gasteiger partial charge is 0.374 e. The first-order valence-electron chi connectivity index (χ1n) is 5.42. The molecular formula is C14H18O. The number of unbranched alkanes of at least 4 members (excludes halogenated alkanes) is 1. The van der Waals surface area contributed by atoms with Crippen LogP contribution in [-0.4, -0.2) is 6.10 Å². The molecule has 0 aliphatic heterocycles. The Bertz CT molecular complexity index is 297. The van der Waals surface area contributed by atoms with Crippen LogP contribution in [0.5, 0.6) is 0 Å². The Morgan fingerprint density at radius 1 is 1.33 bits per heavy atom. The molecule has 1 nitrogen and oxygen atoms in total. The zero-order valence-corrected chi connectivity index (χ0v) is 9.28. The molecule has 0 radical (unpaired) electrons. The molecule has 0 spiro atoms. The van der Waals surface area contributed by atoms with E-state index in [4.69, 9.17) is 11.2 Å². The molecule has 1 aromatic carbocycles. The summed E-state index contributed by atoms with van der Waals surface area (Å²) in [6.07, 6.45) is 8.41. The number of hydrogen-bond donors (Lipinski definition) is 0. The van der Waals surface area contributed by atoms with E-state index in [2.05, 4.69) is 25.0 Å². The maximum absolute atomic E-state index is 5.71. The van der Waals surface area contributed by atoms with Gasteiger partial charge in [-0.1, -0.05) is 30.3 Å². The minimum atomic E-state index is 0.290. The predicted molar refractivity (Wildman–Crippen MR) is 63.4 cm³/mol. The van der Waals surface area contributed by atoms with Crippen molar-refractivity contribution in [2.24, 2.45) is 0 Å². The maximum Gasteiger partial charge on any atom is 0.0720 e. The van der Waals surface area contributed by atoms with Gasteiger partial charge in [-0.25, -0.2) is 0 Å². The van der Waals surface area contributed by atoms with Crippen molar-refractivity contribution in [2.75, 3.05) is 0 Å². The van der Waals surface area contributed by atoms with Crippen molar-refractivity contribution in [1.29, 1.82) is 0 Å². The summed E-state index contributed by atoms with van der Waals surface area (Å²) in [6.45, 7) is 2.79. The van der Waals surface area contributed by atoms with Gasteiger partial charge in [0.1, 0.15) is 0 Å². The number of hydrogen-bond acceptors (Lipinski definition) is 1. The summed E-state index contributed by atoms with van der Waals surface area (Å²) in [5.41, 5.74) is 1.22. The molecule has 0 aliphatic rings. The van der Waals surface area contributed by atoms with E-state index in [1.807, 2.05) is 18.2 Å². The van der Waals surface area contributed by atoms with Crippen molar-refractivity contribution in [1.82, 2.24) is 0 Å². The molecule has 0 aromatic heterocycles. The van der Waals surface area contributed by atoms with Crippen molar-refractivity contribution in [3.8, 4) is 12.3 Å². The first kappa shape index (κ1) is 11.8. The summed E-state index contributed by atoms with van der Waals surface area (Å²) in [5, 5.41) is 0. The zero-order valence-electron chi connectivity index (χ0n) is 9.28. The quantitative estimate of drug-likeness (QED) is 0.507. The lowest BCUT2D eigenvalue weighted by Crippen LogP contribution is -2.07. The molecule has 0 saturated heterocycles. The molecule has 0 bridgehead atoms. The molecule has 0 N–H and O–H groups in total. The Morgan fingerprint density at radius 2 is 2.07 bits per heavy atom. The van der Waals surface area contributed by atoms with Crippen molar-refractivity contribution < 1.29 is 4.74 Å². The van der Waals surface area contributed by atoms with Gasteiger partial charge in [0, 0.05) is 6.42 Å². The van der Waals surface area contributed by atoms with Crippen molar-refractivity contribution in [3.63, 3.8) is 0 Å². The third-order valence-electron chi connectivity index (χ3n) is 2.31. The molecular weight excluding hydrogens is 184 g/mol. The lowest BCUT2D eigenvalue weighted by molar-refractivity contribution is 0.0466. The molecule has 1 aromatic rings. The average molecular weight is 202 g/mol. The fraction of sp³-hybridized carbons (Fsp3) is 0.429. The van der Waals surface area contributed by atoms with Crippen LogP contribution < -0.4 is 0 Å². The molecule has 15 heavy (non-hydrogen) atoms. The molecule has 0 heterocycles. The molecule has 1 rings (SSSR count). The second-order valence-electron chi connectivity index (χ2n) is 3.70. The minimum Gasteiger partial charge on any atom is -0.374 e. The minimum absolute atomic E-state index is 0.290. The van der Waals surface area contributed by atoms with Crippen LogP contribution in [0.15, 0.2) is 30.3 Å². The number of terminal acetylenes is 1. The monoisotopic (exact) mass is 202 g/mol. The van der Waals surface area contributed by atoms with Crippen LogP contribution in [-0.2, 0) is 11.3 Å². The van der Waals surface area contributed by atoms with Crippen LogP contribution >= 0.6 is 0 Å². The van der Waals surface area contributed by atoms with Gasteiger partial charge in [0.05, 0.1) is 12.7 Å². The molecule has 0 amide bonds. The van der Waals surface area contributed by atoms with E-state index in [0.29, 0.717) is 12.7 Å². The van der Waals surface area contributed by atoms with E-state index in [-0.39, 0.29) is 0 Å². The molecule has 1 heteroatoms. The lowest BCUT2D eigenvalue weighted by atomic mass is 10.2. The van der Waals surface area contributed by atoms with Crippen LogP contribution in [0, 0.1) is 12.3 Å². The third kappa shape index (κ3) is 5.24. The first-order chi connectivity index (χ1) is 7.33. The van der Waals surface area contributed by atoms with Gasteiger partial charge in [-0.3, -0.25) is 0 Å². The number of rotatable bonds is 6. The molecule has 0 unspecified atom stereocenters. The Labute approximate surface area is 92.5 Å². The Morgan fingerprint density at radius 3 is 2.73 bits per heavy atom. The summed E-state index contributed by atoms with van der Waals surface area (Å²) in [7, 11) is 0. The van der Waals surface area contributed by atoms with Crippen molar-refractivity contribution in [3.05, 3.63) is 35.9 Å². The van der Waals surface area contributed by atoms with E-state index in [1.165, 1.54) is 5.56 Å². The van der Waals surface area contributed by atoms with E-state index in [0.717, 1.165) is 19.3 Å². The van der Waals surface area contributed by atoms with E-state index >= 15 is 0 Å². The van der Waals surface area contributed by atoms with Gasteiger partial charge < -0.3 is 4.74 Å². The van der Waals surface area contributed by atoms with Crippen LogP contribution in [0.2, 0.25) is 0 Å². The molecule has 1 atom stereocenters. The van der Waals surface area contributed by atoms with Crippen LogP contribution in [0.1, 0.15) is 31.7 Å². The lowest BCUT2D eigenvalue weighted by Gasteiger charge is -2.12. The molecule has 80 valence electrons. The Kier molecular flexibility index (Phi) is 5.58. The van der Waals surface area contributed by atoms with E-state index < -0.39 is 0 Å². The topological polar surface area (TPSA) is 9.23 Å². The third-order valence-corrected chi connectivity index (χ3v) is 2.31. The second kappa shape index (κ2) is 7.09. The average Bonchev–Trinajstić information content (AvgIpc) is 2.28. The number of ether oxygens (including phenoxy) is 1.